The van der Waals surface area contributed by atoms with E-state index < -0.39 is 4.92 Å². The van der Waals surface area contributed by atoms with Gasteiger partial charge in [-0.2, -0.15) is 0 Å². The molecule has 96 valence electrons. The van der Waals surface area contributed by atoms with Gasteiger partial charge < -0.3 is 9.80 Å². The van der Waals surface area contributed by atoms with Gasteiger partial charge in [0.2, 0.25) is 5.91 Å². The van der Waals surface area contributed by atoms with E-state index in [0.29, 0.717) is 13.1 Å². The SMILES string of the molecule is CN(CN1CCCC1=O)c1ccc([N+](=O)[O-])cc1. The van der Waals surface area contributed by atoms with Crippen molar-refractivity contribution in [3.05, 3.63) is 34.4 Å². The fourth-order valence-corrected chi connectivity index (χ4v) is 2.02. The highest BCUT2D eigenvalue weighted by atomic mass is 16.6. The van der Waals surface area contributed by atoms with E-state index in [2.05, 4.69) is 0 Å². The van der Waals surface area contributed by atoms with Gasteiger partial charge in [-0.15, -0.1) is 0 Å². The molecule has 1 saturated heterocycles. The van der Waals surface area contributed by atoms with Crippen LogP contribution in [0.1, 0.15) is 12.8 Å². The molecule has 0 saturated carbocycles. The topological polar surface area (TPSA) is 66.7 Å². The number of non-ortho nitro benzene ring substituents is 1. The number of nitrogens with zero attached hydrogens (tertiary/aromatic N) is 3. The summed E-state index contributed by atoms with van der Waals surface area (Å²) in [6.07, 6.45) is 1.53. The lowest BCUT2D eigenvalue weighted by Gasteiger charge is -2.25. The van der Waals surface area contributed by atoms with E-state index in [9.17, 15) is 14.9 Å². The molecule has 6 nitrogen and oxygen atoms in total. The summed E-state index contributed by atoms with van der Waals surface area (Å²) < 4.78 is 0. The molecule has 1 fully saturated rings. The lowest BCUT2D eigenvalue weighted by Crippen LogP contribution is -2.36. The van der Waals surface area contributed by atoms with Gasteiger partial charge in [0.25, 0.3) is 5.69 Å². The fourth-order valence-electron chi connectivity index (χ4n) is 2.02. The van der Waals surface area contributed by atoms with Gasteiger partial charge in [-0.25, -0.2) is 0 Å². The Bertz CT molecular complexity index is 458. The molecule has 0 atom stereocenters. The molecule has 0 aliphatic carbocycles. The molecule has 1 aromatic rings. The highest BCUT2D eigenvalue weighted by molar-refractivity contribution is 5.78. The third kappa shape index (κ3) is 2.58. The van der Waals surface area contributed by atoms with Crippen LogP contribution in [0.4, 0.5) is 11.4 Å². The maximum Gasteiger partial charge on any atom is 0.269 e. The van der Waals surface area contributed by atoms with Crippen LogP contribution in [-0.4, -0.2) is 36.0 Å². The number of nitro benzene ring substituents is 1. The number of nitro groups is 1. The largest absolute Gasteiger partial charge is 0.357 e. The van der Waals surface area contributed by atoms with Crippen molar-refractivity contribution in [3.63, 3.8) is 0 Å². The van der Waals surface area contributed by atoms with E-state index >= 15 is 0 Å². The molecule has 0 aromatic heterocycles. The molecule has 1 heterocycles. The summed E-state index contributed by atoms with van der Waals surface area (Å²) in [4.78, 5) is 25.3. The van der Waals surface area contributed by atoms with Crippen molar-refractivity contribution >= 4 is 17.3 Å². The number of hydrogen-bond acceptors (Lipinski definition) is 4. The first-order valence-electron chi connectivity index (χ1n) is 5.81. The Morgan fingerprint density at radius 3 is 2.56 bits per heavy atom. The molecular weight excluding hydrogens is 234 g/mol. The molecule has 0 spiro atoms. The zero-order valence-corrected chi connectivity index (χ0v) is 10.2. The van der Waals surface area contributed by atoms with Gasteiger partial charge in [0.15, 0.2) is 0 Å². The van der Waals surface area contributed by atoms with Gasteiger partial charge in [0, 0.05) is 37.8 Å². The minimum absolute atomic E-state index is 0.0735. The van der Waals surface area contributed by atoms with Crippen LogP contribution in [0, 0.1) is 10.1 Å². The summed E-state index contributed by atoms with van der Waals surface area (Å²) in [5.41, 5.74) is 0.935. The number of benzene rings is 1. The van der Waals surface area contributed by atoms with E-state index in [0.717, 1.165) is 18.7 Å². The Balaban J connectivity index is 2.02. The first-order chi connectivity index (χ1) is 8.58. The van der Waals surface area contributed by atoms with E-state index in [1.54, 1.807) is 17.0 Å². The number of hydrogen-bond donors (Lipinski definition) is 0. The Kier molecular flexibility index (Phi) is 3.45. The smallest absolute Gasteiger partial charge is 0.269 e. The number of carbonyl (C=O) groups is 1. The summed E-state index contributed by atoms with van der Waals surface area (Å²) in [5.74, 6) is 0.170. The van der Waals surface area contributed by atoms with E-state index in [1.807, 2.05) is 11.9 Å². The van der Waals surface area contributed by atoms with Crippen LogP contribution in [-0.2, 0) is 4.79 Å². The highest BCUT2D eigenvalue weighted by Gasteiger charge is 2.21. The van der Waals surface area contributed by atoms with Gasteiger partial charge in [0.05, 0.1) is 11.6 Å². The number of carbonyl (C=O) groups excluding carboxylic acids is 1. The molecule has 0 bridgehead atoms. The lowest BCUT2D eigenvalue weighted by atomic mass is 10.2. The van der Waals surface area contributed by atoms with E-state index in [-0.39, 0.29) is 11.6 Å². The van der Waals surface area contributed by atoms with Crippen LogP contribution in [0.3, 0.4) is 0 Å². The Labute approximate surface area is 105 Å². The van der Waals surface area contributed by atoms with Crippen molar-refractivity contribution in [2.24, 2.45) is 0 Å². The molecule has 6 heteroatoms. The number of anilines is 1. The minimum atomic E-state index is -0.423. The average molecular weight is 249 g/mol. The summed E-state index contributed by atoms with van der Waals surface area (Å²) >= 11 is 0. The van der Waals surface area contributed by atoms with Gasteiger partial charge in [0.1, 0.15) is 0 Å². The molecular formula is C12H15N3O3. The van der Waals surface area contributed by atoms with Crippen molar-refractivity contribution in [1.82, 2.24) is 4.90 Å². The van der Waals surface area contributed by atoms with Crippen LogP contribution in [0.5, 0.6) is 0 Å². The standard InChI is InChI=1S/C12H15N3O3/c1-13(9-14-8-2-3-12(14)16)10-4-6-11(7-5-10)15(17)18/h4-7H,2-3,8-9H2,1H3. The number of rotatable bonds is 4. The van der Waals surface area contributed by atoms with Crippen LogP contribution in [0.2, 0.25) is 0 Å². The second-order valence-corrected chi connectivity index (χ2v) is 4.37. The molecule has 1 amide bonds. The van der Waals surface area contributed by atoms with Crippen molar-refractivity contribution < 1.29 is 9.72 Å². The average Bonchev–Trinajstić information content (AvgIpc) is 2.75. The molecule has 18 heavy (non-hydrogen) atoms. The van der Waals surface area contributed by atoms with Crippen molar-refractivity contribution in [2.75, 3.05) is 25.2 Å². The zero-order chi connectivity index (χ0) is 13.1. The minimum Gasteiger partial charge on any atom is -0.357 e. The third-order valence-corrected chi connectivity index (χ3v) is 3.06. The van der Waals surface area contributed by atoms with Crippen molar-refractivity contribution in [3.8, 4) is 0 Å². The van der Waals surface area contributed by atoms with Gasteiger partial charge >= 0.3 is 0 Å². The second-order valence-electron chi connectivity index (χ2n) is 4.37. The Morgan fingerprint density at radius 1 is 1.39 bits per heavy atom. The summed E-state index contributed by atoms with van der Waals surface area (Å²) in [6, 6.07) is 6.33. The quantitative estimate of drug-likeness (QED) is 0.600. The van der Waals surface area contributed by atoms with Crippen molar-refractivity contribution in [1.29, 1.82) is 0 Å². The predicted octanol–water partition coefficient (Wildman–Crippen LogP) is 1.61. The van der Waals surface area contributed by atoms with Crippen LogP contribution < -0.4 is 4.90 Å². The summed E-state index contributed by atoms with van der Waals surface area (Å²) in [7, 11) is 1.87. The fraction of sp³-hybridized carbons (Fsp3) is 0.417. The van der Waals surface area contributed by atoms with Gasteiger partial charge in [-0.3, -0.25) is 14.9 Å². The molecule has 1 aliphatic rings. The zero-order valence-electron chi connectivity index (χ0n) is 10.2. The van der Waals surface area contributed by atoms with Gasteiger partial charge in [-0.1, -0.05) is 0 Å². The third-order valence-electron chi connectivity index (χ3n) is 3.06. The van der Waals surface area contributed by atoms with Crippen LogP contribution in [0.15, 0.2) is 24.3 Å². The first kappa shape index (κ1) is 12.3. The molecule has 2 rings (SSSR count). The van der Waals surface area contributed by atoms with E-state index in [4.69, 9.17) is 0 Å². The maximum atomic E-state index is 11.5. The lowest BCUT2D eigenvalue weighted by molar-refractivity contribution is -0.384. The number of likely N-dealkylation sites (tertiary alicyclic amines) is 1. The summed E-state index contributed by atoms with van der Waals surface area (Å²) in [5, 5.41) is 10.5. The van der Waals surface area contributed by atoms with E-state index in [1.165, 1.54) is 12.1 Å². The second kappa shape index (κ2) is 5.03. The Hall–Kier alpha value is -2.11. The Morgan fingerprint density at radius 2 is 2.06 bits per heavy atom. The van der Waals surface area contributed by atoms with Gasteiger partial charge in [-0.05, 0) is 18.6 Å². The van der Waals surface area contributed by atoms with Crippen LogP contribution in [0.25, 0.3) is 0 Å². The normalized spacial score (nSPS) is 14.9. The van der Waals surface area contributed by atoms with Crippen LogP contribution >= 0.6 is 0 Å². The predicted molar refractivity (Wildman–Crippen MR) is 67.3 cm³/mol. The first-order valence-corrected chi connectivity index (χ1v) is 5.81. The van der Waals surface area contributed by atoms with Crippen molar-refractivity contribution in [2.45, 2.75) is 12.8 Å². The molecule has 1 aromatic carbocycles. The highest BCUT2D eigenvalue weighted by Crippen LogP contribution is 2.19. The molecule has 1 aliphatic heterocycles. The number of amides is 1. The molecule has 0 unspecified atom stereocenters. The molecule has 0 radical (unpaired) electrons. The maximum absolute atomic E-state index is 11.5. The molecule has 0 N–H and O–H groups in total. The monoisotopic (exact) mass is 249 g/mol. The summed E-state index contributed by atoms with van der Waals surface area (Å²) in [6.45, 7) is 1.31.